The van der Waals surface area contributed by atoms with Crippen LogP contribution in [0.25, 0.3) is 11.0 Å². The van der Waals surface area contributed by atoms with Gasteiger partial charge in [0.15, 0.2) is 0 Å². The molecule has 0 radical (unpaired) electrons. The van der Waals surface area contributed by atoms with Crippen molar-refractivity contribution in [3.63, 3.8) is 0 Å². The van der Waals surface area contributed by atoms with Crippen molar-refractivity contribution in [2.24, 2.45) is 0 Å². The van der Waals surface area contributed by atoms with Crippen LogP contribution in [0.5, 0.6) is 0 Å². The molecule has 1 heterocycles. The van der Waals surface area contributed by atoms with Crippen molar-refractivity contribution in [3.05, 3.63) is 23.8 Å². The van der Waals surface area contributed by atoms with Gasteiger partial charge >= 0.3 is 5.97 Å². The molecule has 72 valence electrons. The zero-order valence-electron chi connectivity index (χ0n) is 7.47. The van der Waals surface area contributed by atoms with E-state index in [0.29, 0.717) is 0 Å². The molecule has 4 nitrogen and oxygen atoms in total. The minimum Gasteiger partial charge on any atom is -0.481 e. The van der Waals surface area contributed by atoms with Gasteiger partial charge in [-0.1, -0.05) is 6.07 Å². The molecular weight excluding hydrogens is 200 g/mol. The third-order valence-corrected chi connectivity index (χ3v) is 2.70. The van der Waals surface area contributed by atoms with Crippen molar-refractivity contribution >= 4 is 28.7 Å². The lowest BCUT2D eigenvalue weighted by Gasteiger charge is -2.04. The highest BCUT2D eigenvalue weighted by Gasteiger charge is 2.14. The first-order valence-corrected chi connectivity index (χ1v) is 4.86. The highest BCUT2D eigenvalue weighted by molar-refractivity contribution is 7.00. The Morgan fingerprint density at radius 1 is 1.43 bits per heavy atom. The number of nitrogens with zero attached hydrogens (tertiary/aromatic N) is 2. The molecule has 0 amide bonds. The molecule has 1 aromatic carbocycles. The lowest BCUT2D eigenvalue weighted by atomic mass is 10.0. The number of aromatic nitrogens is 2. The Bertz CT molecular complexity index is 480. The topological polar surface area (TPSA) is 63.1 Å². The summed E-state index contributed by atoms with van der Waals surface area (Å²) in [6.45, 7) is 1.66. The summed E-state index contributed by atoms with van der Waals surface area (Å²) in [6, 6.07) is 5.35. The predicted molar refractivity (Wildman–Crippen MR) is 53.5 cm³/mol. The molecule has 1 atom stereocenters. The molecule has 0 spiro atoms. The van der Waals surface area contributed by atoms with E-state index in [1.54, 1.807) is 25.1 Å². The summed E-state index contributed by atoms with van der Waals surface area (Å²) < 4.78 is 8.11. The van der Waals surface area contributed by atoms with Gasteiger partial charge in [-0.05, 0) is 24.6 Å². The average Bonchev–Trinajstić information content (AvgIpc) is 2.62. The highest BCUT2D eigenvalue weighted by atomic mass is 32.1. The number of hydrogen-bond acceptors (Lipinski definition) is 4. The molecule has 0 aliphatic heterocycles. The van der Waals surface area contributed by atoms with E-state index < -0.39 is 11.9 Å². The van der Waals surface area contributed by atoms with Crippen LogP contribution in [0, 0.1) is 0 Å². The average molecular weight is 208 g/mol. The van der Waals surface area contributed by atoms with Crippen LogP contribution in [-0.4, -0.2) is 19.8 Å². The van der Waals surface area contributed by atoms with Gasteiger partial charge in [0.2, 0.25) is 0 Å². The maximum absolute atomic E-state index is 10.7. The van der Waals surface area contributed by atoms with E-state index in [9.17, 15) is 4.79 Å². The molecule has 0 saturated carbocycles. The molecule has 0 saturated heterocycles. The van der Waals surface area contributed by atoms with Gasteiger partial charge < -0.3 is 5.11 Å². The Labute approximate surface area is 84.5 Å². The summed E-state index contributed by atoms with van der Waals surface area (Å²) >= 11 is 1.13. The van der Waals surface area contributed by atoms with Crippen molar-refractivity contribution in [1.29, 1.82) is 0 Å². The maximum Gasteiger partial charge on any atom is 0.310 e. The van der Waals surface area contributed by atoms with Gasteiger partial charge in [0.1, 0.15) is 11.0 Å². The van der Waals surface area contributed by atoms with Gasteiger partial charge in [-0.25, -0.2) is 0 Å². The summed E-state index contributed by atoms with van der Waals surface area (Å²) in [6.07, 6.45) is 0. The zero-order chi connectivity index (χ0) is 10.1. The van der Waals surface area contributed by atoms with Crippen LogP contribution in [0.2, 0.25) is 0 Å². The second-order valence-corrected chi connectivity index (χ2v) is 3.60. The van der Waals surface area contributed by atoms with Gasteiger partial charge in [-0.15, -0.1) is 0 Å². The van der Waals surface area contributed by atoms with Crippen molar-refractivity contribution in [2.45, 2.75) is 12.8 Å². The van der Waals surface area contributed by atoms with E-state index in [-0.39, 0.29) is 0 Å². The molecule has 0 aliphatic rings. The molecule has 0 fully saturated rings. The minimum absolute atomic E-state index is 0.499. The Morgan fingerprint density at radius 3 is 2.86 bits per heavy atom. The van der Waals surface area contributed by atoms with Crippen molar-refractivity contribution in [1.82, 2.24) is 8.75 Å². The number of aliphatic carboxylic acids is 1. The lowest BCUT2D eigenvalue weighted by Crippen LogP contribution is -2.06. The number of hydrogen-bond donors (Lipinski definition) is 1. The fourth-order valence-electron chi connectivity index (χ4n) is 1.21. The first-order valence-electron chi connectivity index (χ1n) is 4.13. The molecule has 0 bridgehead atoms. The normalized spacial score (nSPS) is 12.9. The van der Waals surface area contributed by atoms with Crippen molar-refractivity contribution < 1.29 is 9.90 Å². The predicted octanol–water partition coefficient (Wildman–Crippen LogP) is 1.88. The molecule has 0 aliphatic carbocycles. The molecule has 2 rings (SSSR count). The second-order valence-electron chi connectivity index (χ2n) is 3.07. The van der Waals surface area contributed by atoms with Crippen LogP contribution in [0.4, 0.5) is 0 Å². The van der Waals surface area contributed by atoms with Gasteiger partial charge in [0.25, 0.3) is 0 Å². The van der Waals surface area contributed by atoms with E-state index in [0.717, 1.165) is 28.3 Å². The third kappa shape index (κ3) is 1.46. The zero-order valence-corrected chi connectivity index (χ0v) is 8.28. The summed E-state index contributed by atoms with van der Waals surface area (Å²) in [5.41, 5.74) is 2.34. The summed E-state index contributed by atoms with van der Waals surface area (Å²) in [5, 5.41) is 8.82. The number of carboxylic acids is 1. The Morgan fingerprint density at radius 2 is 2.14 bits per heavy atom. The van der Waals surface area contributed by atoms with Crippen LogP contribution >= 0.6 is 11.7 Å². The number of benzene rings is 1. The fraction of sp³-hybridized carbons (Fsp3) is 0.222. The highest BCUT2D eigenvalue weighted by Crippen LogP contribution is 2.20. The summed E-state index contributed by atoms with van der Waals surface area (Å²) in [5.74, 6) is -1.33. The van der Waals surface area contributed by atoms with Crippen LogP contribution in [0.1, 0.15) is 18.4 Å². The SMILES string of the molecule is CC(C(=O)O)c1ccc2nsnc2c1. The molecule has 5 heteroatoms. The second kappa shape index (κ2) is 3.34. The van der Waals surface area contributed by atoms with E-state index in [1.807, 2.05) is 0 Å². The van der Waals surface area contributed by atoms with E-state index in [4.69, 9.17) is 5.11 Å². The standard InChI is InChI=1S/C9H8N2O2S/c1-5(9(12)13)6-2-3-7-8(4-6)11-14-10-7/h2-5H,1H3,(H,12,13). The molecule has 2 aromatic rings. The summed E-state index contributed by atoms with van der Waals surface area (Å²) in [7, 11) is 0. The third-order valence-electron chi connectivity index (χ3n) is 2.15. The molecule has 14 heavy (non-hydrogen) atoms. The van der Waals surface area contributed by atoms with Gasteiger partial charge in [-0.2, -0.15) is 8.75 Å². The quantitative estimate of drug-likeness (QED) is 0.818. The van der Waals surface area contributed by atoms with E-state index in [2.05, 4.69) is 8.75 Å². The Kier molecular flexibility index (Phi) is 2.17. The van der Waals surface area contributed by atoms with Gasteiger partial charge in [0, 0.05) is 0 Å². The molecule has 1 aromatic heterocycles. The van der Waals surface area contributed by atoms with Crippen LogP contribution in [0.15, 0.2) is 18.2 Å². The Hall–Kier alpha value is -1.49. The van der Waals surface area contributed by atoms with Crippen LogP contribution in [-0.2, 0) is 4.79 Å². The van der Waals surface area contributed by atoms with Gasteiger partial charge in [-0.3, -0.25) is 4.79 Å². The van der Waals surface area contributed by atoms with Gasteiger partial charge in [0.05, 0.1) is 17.6 Å². The molecular formula is C9H8N2O2S. The smallest absolute Gasteiger partial charge is 0.310 e. The van der Waals surface area contributed by atoms with E-state index >= 15 is 0 Å². The number of carbonyl (C=O) groups is 1. The minimum atomic E-state index is -0.826. The monoisotopic (exact) mass is 208 g/mol. The summed E-state index contributed by atoms with van der Waals surface area (Å²) in [4.78, 5) is 10.7. The van der Waals surface area contributed by atoms with Crippen LogP contribution < -0.4 is 0 Å². The van der Waals surface area contributed by atoms with Crippen LogP contribution in [0.3, 0.4) is 0 Å². The fourth-order valence-corrected chi connectivity index (χ4v) is 1.73. The number of rotatable bonds is 2. The molecule has 1 unspecified atom stereocenters. The first-order chi connectivity index (χ1) is 6.68. The lowest BCUT2D eigenvalue weighted by molar-refractivity contribution is -0.138. The van der Waals surface area contributed by atoms with E-state index in [1.165, 1.54) is 0 Å². The van der Waals surface area contributed by atoms with Crippen molar-refractivity contribution in [2.75, 3.05) is 0 Å². The first kappa shape index (κ1) is 9.08. The molecule has 1 N–H and O–H groups in total. The number of fused-ring (bicyclic) bond motifs is 1. The number of carboxylic acid groups (broad SMARTS) is 1. The Balaban J connectivity index is 2.48. The largest absolute Gasteiger partial charge is 0.481 e. The maximum atomic E-state index is 10.7. The van der Waals surface area contributed by atoms with Crippen molar-refractivity contribution in [3.8, 4) is 0 Å².